The van der Waals surface area contributed by atoms with Crippen LogP contribution < -0.4 is 4.74 Å². The second-order valence-corrected chi connectivity index (χ2v) is 8.89. The van der Waals surface area contributed by atoms with E-state index in [2.05, 4.69) is 13.8 Å². The van der Waals surface area contributed by atoms with Crippen LogP contribution in [-0.2, 0) is 14.3 Å². The molecule has 1 aliphatic rings. The third kappa shape index (κ3) is 4.92. The molecule has 6 nitrogen and oxygen atoms in total. The van der Waals surface area contributed by atoms with Crippen LogP contribution in [-0.4, -0.2) is 49.1 Å². The molecule has 0 spiro atoms. The van der Waals surface area contributed by atoms with E-state index in [-0.39, 0.29) is 22.6 Å². The van der Waals surface area contributed by atoms with Gasteiger partial charge in [-0.15, -0.1) is 0 Å². The van der Waals surface area contributed by atoms with Crippen LogP contribution >= 0.6 is 11.6 Å². The molecule has 1 heterocycles. The van der Waals surface area contributed by atoms with Gasteiger partial charge in [-0.3, -0.25) is 9.59 Å². The number of Topliss-reactive ketones (excluding diaryl/α,β-unsaturated/α-hetero) is 1. The van der Waals surface area contributed by atoms with Crippen LogP contribution in [0.1, 0.15) is 54.5 Å². The number of hydrogen-bond acceptors (Lipinski definition) is 5. The number of likely N-dealkylation sites (tertiary alicyclic amines) is 1. The van der Waals surface area contributed by atoms with E-state index in [1.165, 1.54) is 12.0 Å². The van der Waals surface area contributed by atoms with Gasteiger partial charge >= 0.3 is 0 Å². The Balaban J connectivity index is 2.20. The Bertz CT molecular complexity index is 1070. The second-order valence-electron chi connectivity index (χ2n) is 8.49. The first-order chi connectivity index (χ1) is 15.7. The van der Waals surface area contributed by atoms with Crippen molar-refractivity contribution < 1.29 is 24.2 Å². The van der Waals surface area contributed by atoms with Crippen molar-refractivity contribution in [3.05, 3.63) is 69.2 Å². The summed E-state index contributed by atoms with van der Waals surface area (Å²) in [6.45, 7) is 6.79. The van der Waals surface area contributed by atoms with E-state index in [0.717, 1.165) is 16.7 Å². The maximum absolute atomic E-state index is 13.2. The zero-order chi connectivity index (χ0) is 24.3. The third-order valence-corrected chi connectivity index (χ3v) is 6.13. The molecule has 2 aromatic carbocycles. The maximum Gasteiger partial charge on any atom is 0.295 e. The third-order valence-electron chi connectivity index (χ3n) is 5.85. The molecule has 0 radical (unpaired) electrons. The lowest BCUT2D eigenvalue weighted by molar-refractivity contribution is -0.140. The number of aliphatic hydroxyl groups excluding tert-OH is 1. The highest BCUT2D eigenvalue weighted by atomic mass is 35.5. The summed E-state index contributed by atoms with van der Waals surface area (Å²) >= 11 is 6.33. The molecule has 1 amide bonds. The first-order valence-corrected chi connectivity index (χ1v) is 11.3. The zero-order valence-corrected chi connectivity index (χ0v) is 20.4. The smallest absolute Gasteiger partial charge is 0.295 e. The highest BCUT2D eigenvalue weighted by molar-refractivity contribution is 6.46. The number of halogens is 1. The van der Waals surface area contributed by atoms with Crippen LogP contribution in [0.2, 0.25) is 5.02 Å². The van der Waals surface area contributed by atoms with Crippen molar-refractivity contribution in [3.63, 3.8) is 0 Å². The highest BCUT2D eigenvalue weighted by Crippen LogP contribution is 2.42. The van der Waals surface area contributed by atoms with Gasteiger partial charge in [0.05, 0.1) is 29.3 Å². The first-order valence-electron chi connectivity index (χ1n) is 10.9. The minimum atomic E-state index is -0.734. The molecule has 0 aromatic heterocycles. The quantitative estimate of drug-likeness (QED) is 0.246. The van der Waals surface area contributed by atoms with Crippen molar-refractivity contribution in [1.29, 1.82) is 0 Å². The molecule has 3 rings (SSSR count). The van der Waals surface area contributed by atoms with E-state index in [1.54, 1.807) is 19.2 Å². The van der Waals surface area contributed by atoms with Crippen molar-refractivity contribution in [2.75, 3.05) is 27.4 Å². The lowest BCUT2D eigenvalue weighted by Gasteiger charge is -2.26. The summed E-state index contributed by atoms with van der Waals surface area (Å²) < 4.78 is 10.5. The summed E-state index contributed by atoms with van der Waals surface area (Å²) in [5.74, 6) is -1.10. The molecule has 1 saturated heterocycles. The normalized spacial score (nSPS) is 17.8. The summed E-state index contributed by atoms with van der Waals surface area (Å²) in [5, 5.41) is 11.7. The molecular formula is C26H30ClNO5. The first kappa shape index (κ1) is 24.8. The van der Waals surface area contributed by atoms with Crippen molar-refractivity contribution in [2.45, 2.75) is 39.2 Å². The number of ether oxygens (including phenoxy) is 2. The number of carbonyl (C=O) groups excluding carboxylic acids is 2. The highest BCUT2D eigenvalue weighted by Gasteiger charge is 2.46. The number of ketones is 1. The van der Waals surface area contributed by atoms with Crippen LogP contribution in [0.4, 0.5) is 0 Å². The molecule has 0 aliphatic carbocycles. The minimum absolute atomic E-state index is 0.0229. The second kappa shape index (κ2) is 10.4. The topological polar surface area (TPSA) is 76.1 Å². The van der Waals surface area contributed by atoms with Gasteiger partial charge in [0.2, 0.25) is 0 Å². The monoisotopic (exact) mass is 471 g/mol. The summed E-state index contributed by atoms with van der Waals surface area (Å²) in [6.07, 6.45) is 0.559. The maximum atomic E-state index is 13.2. The standard InChI is InChI=1S/C26H30ClNO5/c1-15(2)17-7-9-18(10-8-17)22-21(24(30)26(31)28(22)11-6-12-32-4)23(29)19-13-16(3)14-20(27)25(19)33-5/h7-10,13-15,22,29H,6,11-12H2,1-5H3/b23-21+. The molecule has 0 saturated carbocycles. The molecule has 33 heavy (non-hydrogen) atoms. The fourth-order valence-electron chi connectivity index (χ4n) is 4.16. The van der Waals surface area contributed by atoms with Crippen LogP contribution in [0.15, 0.2) is 42.0 Å². The van der Waals surface area contributed by atoms with Crippen LogP contribution in [0.3, 0.4) is 0 Å². The van der Waals surface area contributed by atoms with Gasteiger partial charge in [-0.2, -0.15) is 0 Å². The average Bonchev–Trinajstić information content (AvgIpc) is 3.03. The van der Waals surface area contributed by atoms with E-state index in [1.807, 2.05) is 31.2 Å². The fourth-order valence-corrected chi connectivity index (χ4v) is 4.51. The van der Waals surface area contributed by atoms with Crippen molar-refractivity contribution >= 4 is 29.1 Å². The summed E-state index contributed by atoms with van der Waals surface area (Å²) in [5.41, 5.74) is 2.97. The van der Waals surface area contributed by atoms with Gasteiger partial charge in [0, 0.05) is 20.3 Å². The molecule has 1 atom stereocenters. The fraction of sp³-hybridized carbons (Fsp3) is 0.385. The Hall–Kier alpha value is -2.83. The average molecular weight is 472 g/mol. The zero-order valence-electron chi connectivity index (χ0n) is 19.6. The molecule has 1 aliphatic heterocycles. The van der Waals surface area contributed by atoms with Gasteiger partial charge in [-0.05, 0) is 48.1 Å². The number of hydrogen-bond donors (Lipinski definition) is 1. The summed E-state index contributed by atoms with van der Waals surface area (Å²) in [7, 11) is 3.03. The largest absolute Gasteiger partial charge is 0.507 e. The Morgan fingerprint density at radius 3 is 2.39 bits per heavy atom. The Morgan fingerprint density at radius 2 is 1.82 bits per heavy atom. The summed E-state index contributed by atoms with van der Waals surface area (Å²) in [4.78, 5) is 27.7. The van der Waals surface area contributed by atoms with Gasteiger partial charge in [-0.25, -0.2) is 0 Å². The molecule has 7 heteroatoms. The number of carbonyl (C=O) groups is 2. The predicted molar refractivity (Wildman–Crippen MR) is 129 cm³/mol. The Labute approximate surface area is 199 Å². The Morgan fingerprint density at radius 1 is 1.15 bits per heavy atom. The van der Waals surface area contributed by atoms with E-state index in [4.69, 9.17) is 21.1 Å². The van der Waals surface area contributed by atoms with E-state index >= 15 is 0 Å². The Kier molecular flexibility index (Phi) is 7.82. The van der Waals surface area contributed by atoms with Gasteiger partial charge < -0.3 is 19.5 Å². The number of aliphatic hydroxyl groups is 1. The van der Waals surface area contributed by atoms with Gasteiger partial charge in [0.15, 0.2) is 0 Å². The van der Waals surface area contributed by atoms with Crippen molar-refractivity contribution in [3.8, 4) is 5.75 Å². The number of rotatable bonds is 8. The molecule has 1 fully saturated rings. The van der Waals surface area contributed by atoms with Gasteiger partial charge in [0.25, 0.3) is 11.7 Å². The number of nitrogens with zero attached hydrogens (tertiary/aromatic N) is 1. The van der Waals surface area contributed by atoms with Crippen LogP contribution in [0.25, 0.3) is 5.76 Å². The molecule has 176 valence electrons. The van der Waals surface area contributed by atoms with E-state index in [9.17, 15) is 14.7 Å². The summed E-state index contributed by atoms with van der Waals surface area (Å²) in [6, 6.07) is 10.5. The lowest BCUT2D eigenvalue weighted by atomic mass is 9.92. The van der Waals surface area contributed by atoms with Crippen molar-refractivity contribution in [2.24, 2.45) is 0 Å². The molecule has 2 aromatic rings. The predicted octanol–water partition coefficient (Wildman–Crippen LogP) is 5.24. The van der Waals surface area contributed by atoms with Crippen LogP contribution in [0, 0.1) is 6.92 Å². The number of amides is 1. The van der Waals surface area contributed by atoms with E-state index in [0.29, 0.717) is 30.5 Å². The van der Waals surface area contributed by atoms with Crippen molar-refractivity contribution in [1.82, 2.24) is 4.90 Å². The molecular weight excluding hydrogens is 442 g/mol. The lowest BCUT2D eigenvalue weighted by Crippen LogP contribution is -2.31. The van der Waals surface area contributed by atoms with Gasteiger partial charge in [-0.1, -0.05) is 49.7 Å². The van der Waals surface area contributed by atoms with Gasteiger partial charge in [0.1, 0.15) is 11.5 Å². The SMILES string of the molecule is COCCCN1C(=O)C(=O)/C(=C(/O)c2cc(C)cc(Cl)c2OC)C1c1ccc(C(C)C)cc1. The molecule has 1 unspecified atom stereocenters. The molecule has 0 bridgehead atoms. The minimum Gasteiger partial charge on any atom is -0.507 e. The number of methoxy groups -OCH3 is 2. The number of aryl methyl sites for hydroxylation is 1. The number of benzene rings is 2. The van der Waals surface area contributed by atoms with E-state index < -0.39 is 17.7 Å². The molecule has 1 N–H and O–H groups in total. The van der Waals surface area contributed by atoms with Crippen LogP contribution in [0.5, 0.6) is 5.75 Å².